The summed E-state index contributed by atoms with van der Waals surface area (Å²) in [6.07, 6.45) is 0. The van der Waals surface area contributed by atoms with Crippen LogP contribution < -0.4 is 5.32 Å². The van der Waals surface area contributed by atoms with Gasteiger partial charge < -0.3 is 5.32 Å². The van der Waals surface area contributed by atoms with E-state index in [0.717, 1.165) is 33.4 Å². The van der Waals surface area contributed by atoms with Crippen LogP contribution in [0.1, 0.15) is 25.3 Å². The minimum absolute atomic E-state index is 0.477. The average Bonchev–Trinajstić information content (AvgIpc) is 3.40. The van der Waals surface area contributed by atoms with Gasteiger partial charge in [-0.1, -0.05) is 38.1 Å². The van der Waals surface area contributed by atoms with Crippen LogP contribution in [0.5, 0.6) is 0 Å². The van der Waals surface area contributed by atoms with Crippen molar-refractivity contribution in [2.45, 2.75) is 19.8 Å². The van der Waals surface area contributed by atoms with Crippen molar-refractivity contribution in [1.82, 2.24) is 25.6 Å². The van der Waals surface area contributed by atoms with Crippen LogP contribution in [0, 0.1) is 0 Å². The van der Waals surface area contributed by atoms with Crippen LogP contribution in [-0.2, 0) is 0 Å². The van der Waals surface area contributed by atoms with Gasteiger partial charge in [-0.3, -0.25) is 0 Å². The second-order valence-electron chi connectivity index (χ2n) is 7.01. The highest BCUT2D eigenvalue weighted by Crippen LogP contribution is 2.36. The standard InChI is InChI=1S/C21H18N6S/c1-12(2)13-4-3-5-15(10-13)22-21-17-8-9-28-19(17)16-7-6-14(11-18(16)23-21)20-24-26-27-25-20/h3-12H,1-2H3,(H,22,23)(H,24,25,26,27). The Kier molecular flexibility index (Phi) is 4.02. The minimum Gasteiger partial charge on any atom is -0.340 e. The van der Waals surface area contributed by atoms with Gasteiger partial charge >= 0.3 is 0 Å². The van der Waals surface area contributed by atoms with E-state index < -0.39 is 0 Å². The topological polar surface area (TPSA) is 79.4 Å². The number of nitrogens with zero attached hydrogens (tertiary/aromatic N) is 4. The first-order valence-electron chi connectivity index (χ1n) is 9.11. The number of H-pyrrole nitrogens is 1. The Morgan fingerprint density at radius 1 is 1.04 bits per heavy atom. The molecule has 138 valence electrons. The van der Waals surface area contributed by atoms with Gasteiger partial charge in [0.2, 0.25) is 0 Å². The van der Waals surface area contributed by atoms with Gasteiger partial charge in [-0.15, -0.1) is 16.4 Å². The molecule has 0 spiro atoms. The maximum Gasteiger partial charge on any atom is 0.179 e. The molecule has 2 aromatic carbocycles. The Hall–Kier alpha value is -3.32. The molecule has 0 saturated heterocycles. The van der Waals surface area contributed by atoms with Crippen LogP contribution in [0.4, 0.5) is 11.5 Å². The zero-order valence-electron chi connectivity index (χ0n) is 15.5. The Labute approximate surface area is 165 Å². The first kappa shape index (κ1) is 16.8. The maximum atomic E-state index is 4.93. The molecule has 0 saturated carbocycles. The number of aromatic nitrogens is 5. The van der Waals surface area contributed by atoms with Gasteiger partial charge in [0.05, 0.1) is 5.52 Å². The van der Waals surface area contributed by atoms with E-state index in [2.05, 4.69) is 81.6 Å². The molecule has 28 heavy (non-hydrogen) atoms. The number of rotatable bonds is 4. The number of thiophene rings is 1. The monoisotopic (exact) mass is 386 g/mol. The van der Waals surface area contributed by atoms with Gasteiger partial charge in [0.25, 0.3) is 0 Å². The fraction of sp³-hybridized carbons (Fsp3) is 0.143. The second-order valence-corrected chi connectivity index (χ2v) is 7.93. The molecule has 0 aliphatic heterocycles. The molecule has 0 atom stereocenters. The van der Waals surface area contributed by atoms with Crippen LogP contribution >= 0.6 is 11.3 Å². The summed E-state index contributed by atoms with van der Waals surface area (Å²) in [4.78, 5) is 4.93. The van der Waals surface area contributed by atoms with Crippen LogP contribution in [0.25, 0.3) is 32.4 Å². The lowest BCUT2D eigenvalue weighted by Gasteiger charge is -2.12. The summed E-state index contributed by atoms with van der Waals surface area (Å²) < 4.78 is 1.22. The van der Waals surface area contributed by atoms with Crippen molar-refractivity contribution in [3.63, 3.8) is 0 Å². The zero-order valence-corrected chi connectivity index (χ0v) is 16.3. The second kappa shape index (κ2) is 6.69. The number of hydrogen-bond donors (Lipinski definition) is 2. The lowest BCUT2D eigenvalue weighted by atomic mass is 10.0. The molecule has 0 bridgehead atoms. The van der Waals surface area contributed by atoms with Crippen molar-refractivity contribution in [3.8, 4) is 11.4 Å². The van der Waals surface area contributed by atoms with E-state index in [4.69, 9.17) is 4.98 Å². The molecule has 5 rings (SSSR count). The lowest BCUT2D eigenvalue weighted by Crippen LogP contribution is -1.97. The molecule has 0 amide bonds. The molecule has 0 fully saturated rings. The van der Waals surface area contributed by atoms with Crippen molar-refractivity contribution in [1.29, 1.82) is 0 Å². The van der Waals surface area contributed by atoms with Crippen molar-refractivity contribution < 1.29 is 0 Å². The summed E-state index contributed by atoms with van der Waals surface area (Å²) in [5, 5.41) is 22.0. The van der Waals surface area contributed by atoms with Crippen molar-refractivity contribution >= 4 is 43.8 Å². The number of nitrogens with one attached hydrogen (secondary N) is 2. The summed E-state index contributed by atoms with van der Waals surface area (Å²) in [5.41, 5.74) is 4.16. The predicted octanol–water partition coefficient (Wildman–Crippen LogP) is 5.50. The first-order valence-corrected chi connectivity index (χ1v) is 9.99. The quantitative estimate of drug-likeness (QED) is 0.426. The summed E-state index contributed by atoms with van der Waals surface area (Å²) in [7, 11) is 0. The number of hydrogen-bond acceptors (Lipinski definition) is 6. The van der Waals surface area contributed by atoms with Gasteiger partial charge in [-0.2, -0.15) is 0 Å². The van der Waals surface area contributed by atoms with Gasteiger partial charge in [0.15, 0.2) is 5.82 Å². The highest BCUT2D eigenvalue weighted by Gasteiger charge is 2.12. The molecule has 3 aromatic heterocycles. The maximum absolute atomic E-state index is 4.93. The molecule has 0 radical (unpaired) electrons. The van der Waals surface area contributed by atoms with E-state index in [-0.39, 0.29) is 0 Å². The van der Waals surface area contributed by atoms with E-state index >= 15 is 0 Å². The molecular weight excluding hydrogens is 368 g/mol. The van der Waals surface area contributed by atoms with Gasteiger partial charge in [-0.05, 0) is 51.6 Å². The molecule has 6 nitrogen and oxygen atoms in total. The number of benzene rings is 2. The summed E-state index contributed by atoms with van der Waals surface area (Å²) in [6.45, 7) is 4.40. The van der Waals surface area contributed by atoms with Crippen LogP contribution in [0.15, 0.2) is 53.9 Å². The number of anilines is 2. The molecule has 7 heteroatoms. The van der Waals surface area contributed by atoms with Gasteiger partial charge in [0, 0.05) is 26.7 Å². The fourth-order valence-corrected chi connectivity index (χ4v) is 4.27. The molecule has 2 N–H and O–H groups in total. The Morgan fingerprint density at radius 2 is 1.96 bits per heavy atom. The lowest BCUT2D eigenvalue weighted by molar-refractivity contribution is 0.867. The van der Waals surface area contributed by atoms with E-state index in [1.165, 1.54) is 10.3 Å². The molecule has 0 unspecified atom stereocenters. The van der Waals surface area contributed by atoms with Crippen LogP contribution in [0.2, 0.25) is 0 Å². The third-order valence-electron chi connectivity index (χ3n) is 4.83. The van der Waals surface area contributed by atoms with Gasteiger partial charge in [-0.25, -0.2) is 10.1 Å². The third-order valence-corrected chi connectivity index (χ3v) is 5.78. The third kappa shape index (κ3) is 2.90. The minimum atomic E-state index is 0.477. The normalized spacial score (nSPS) is 11.5. The van der Waals surface area contributed by atoms with Gasteiger partial charge in [0.1, 0.15) is 5.82 Å². The Balaban J connectivity index is 1.64. The number of aromatic amines is 1. The SMILES string of the molecule is CC(C)c1cccc(Nc2nc3cc(-c4nnn[nH]4)ccc3c3sccc23)c1. The number of pyridine rings is 1. The smallest absolute Gasteiger partial charge is 0.179 e. The van der Waals surface area contributed by atoms with E-state index in [0.29, 0.717) is 11.7 Å². The summed E-state index contributed by atoms with van der Waals surface area (Å²) in [6, 6.07) is 16.7. The largest absolute Gasteiger partial charge is 0.340 e. The molecule has 0 aliphatic carbocycles. The Bertz CT molecular complexity index is 1270. The molecule has 5 aromatic rings. The van der Waals surface area contributed by atoms with E-state index in [1.807, 2.05) is 12.1 Å². The van der Waals surface area contributed by atoms with Crippen molar-refractivity contribution in [2.24, 2.45) is 0 Å². The highest BCUT2D eigenvalue weighted by atomic mass is 32.1. The molecule has 3 heterocycles. The highest BCUT2D eigenvalue weighted by molar-refractivity contribution is 7.18. The number of tetrazole rings is 1. The van der Waals surface area contributed by atoms with Crippen LogP contribution in [0.3, 0.4) is 0 Å². The summed E-state index contributed by atoms with van der Waals surface area (Å²) in [5.74, 6) is 1.97. The zero-order chi connectivity index (χ0) is 19.1. The van der Waals surface area contributed by atoms with E-state index in [9.17, 15) is 0 Å². The predicted molar refractivity (Wildman–Crippen MR) is 114 cm³/mol. The Morgan fingerprint density at radius 3 is 2.79 bits per heavy atom. The molecular formula is C21H18N6S. The summed E-state index contributed by atoms with van der Waals surface area (Å²) >= 11 is 1.72. The van der Waals surface area contributed by atoms with Crippen LogP contribution in [-0.4, -0.2) is 25.6 Å². The van der Waals surface area contributed by atoms with Crippen molar-refractivity contribution in [2.75, 3.05) is 5.32 Å². The van der Waals surface area contributed by atoms with E-state index in [1.54, 1.807) is 11.3 Å². The first-order chi connectivity index (χ1) is 13.7. The van der Waals surface area contributed by atoms with Crippen molar-refractivity contribution in [3.05, 3.63) is 59.5 Å². The number of fused-ring (bicyclic) bond motifs is 3. The fourth-order valence-electron chi connectivity index (χ4n) is 3.34. The average molecular weight is 386 g/mol. The molecule has 0 aliphatic rings.